The molecule has 1 aromatic heterocycles. The SMILES string of the molecule is COC1CCC(Nc2cc[nH]c(=O)c2C(=O)Nc2ccc(C3CCN(C)CC3)cc2)CC1. The summed E-state index contributed by atoms with van der Waals surface area (Å²) in [6.07, 6.45) is 8.04. The molecule has 3 N–H and O–H groups in total. The highest BCUT2D eigenvalue weighted by molar-refractivity contribution is 6.07. The van der Waals surface area contributed by atoms with Crippen molar-refractivity contribution in [1.29, 1.82) is 0 Å². The molecule has 7 nitrogen and oxygen atoms in total. The van der Waals surface area contributed by atoms with Gasteiger partial charge in [0, 0.05) is 25.0 Å². The van der Waals surface area contributed by atoms with Gasteiger partial charge in [0.05, 0.1) is 11.8 Å². The number of pyridine rings is 1. The highest BCUT2D eigenvalue weighted by Crippen LogP contribution is 2.29. The van der Waals surface area contributed by atoms with Gasteiger partial charge in [-0.25, -0.2) is 0 Å². The minimum atomic E-state index is -0.396. The molecule has 172 valence electrons. The Labute approximate surface area is 189 Å². The first-order chi connectivity index (χ1) is 15.5. The summed E-state index contributed by atoms with van der Waals surface area (Å²) in [6, 6.07) is 10.0. The normalized spacial score (nSPS) is 22.4. The van der Waals surface area contributed by atoms with E-state index in [0.29, 0.717) is 23.4 Å². The van der Waals surface area contributed by atoms with E-state index in [0.717, 1.165) is 51.6 Å². The van der Waals surface area contributed by atoms with Crippen molar-refractivity contribution in [3.63, 3.8) is 0 Å². The van der Waals surface area contributed by atoms with Gasteiger partial charge in [-0.3, -0.25) is 9.59 Å². The number of hydrogen-bond donors (Lipinski definition) is 3. The van der Waals surface area contributed by atoms with E-state index in [2.05, 4.69) is 39.7 Å². The summed E-state index contributed by atoms with van der Waals surface area (Å²) < 4.78 is 5.44. The smallest absolute Gasteiger partial charge is 0.263 e. The molecule has 0 spiro atoms. The molecule has 0 atom stereocenters. The van der Waals surface area contributed by atoms with Crippen molar-refractivity contribution in [2.75, 3.05) is 37.9 Å². The van der Waals surface area contributed by atoms with E-state index in [1.165, 1.54) is 5.56 Å². The second-order valence-corrected chi connectivity index (χ2v) is 9.10. The fourth-order valence-electron chi connectivity index (χ4n) is 4.86. The van der Waals surface area contributed by atoms with E-state index >= 15 is 0 Å². The predicted octanol–water partition coefficient (Wildman–Crippen LogP) is 3.81. The highest BCUT2D eigenvalue weighted by atomic mass is 16.5. The van der Waals surface area contributed by atoms with Crippen molar-refractivity contribution in [1.82, 2.24) is 9.88 Å². The van der Waals surface area contributed by atoms with Crippen molar-refractivity contribution >= 4 is 17.3 Å². The Morgan fingerprint density at radius 1 is 1.03 bits per heavy atom. The largest absolute Gasteiger partial charge is 0.381 e. The molecule has 1 aromatic carbocycles. The van der Waals surface area contributed by atoms with Crippen LogP contribution >= 0.6 is 0 Å². The molecule has 0 unspecified atom stereocenters. The maximum atomic E-state index is 13.0. The lowest BCUT2D eigenvalue weighted by molar-refractivity contribution is 0.0681. The standard InChI is InChI=1S/C25H34N4O3/c1-29-15-12-18(13-16-29)17-3-5-20(6-4-17)28-25(31)23-22(11-14-26-24(23)30)27-19-7-9-21(32-2)10-8-19/h3-6,11,14,18-19,21H,7-10,12-13,15-16H2,1-2H3,(H,28,31)(H2,26,27,30). The molecule has 1 amide bonds. The number of ether oxygens (including phenoxy) is 1. The number of benzene rings is 1. The fraction of sp³-hybridized carbons (Fsp3) is 0.520. The molecule has 1 saturated carbocycles. The molecular weight excluding hydrogens is 404 g/mol. The zero-order valence-corrected chi connectivity index (χ0v) is 19.0. The second-order valence-electron chi connectivity index (χ2n) is 9.10. The Kier molecular flexibility index (Phi) is 7.27. The summed E-state index contributed by atoms with van der Waals surface area (Å²) in [7, 11) is 3.91. The van der Waals surface area contributed by atoms with Gasteiger partial charge in [-0.15, -0.1) is 0 Å². The Morgan fingerprint density at radius 3 is 2.38 bits per heavy atom. The van der Waals surface area contributed by atoms with Crippen LogP contribution in [-0.4, -0.2) is 55.2 Å². The first-order valence-corrected chi connectivity index (χ1v) is 11.6. The number of nitrogens with one attached hydrogen (secondary N) is 3. The van der Waals surface area contributed by atoms with E-state index in [9.17, 15) is 9.59 Å². The Bertz CT molecular complexity index is 956. The van der Waals surface area contributed by atoms with Crippen LogP contribution in [-0.2, 0) is 4.74 Å². The maximum absolute atomic E-state index is 13.0. The van der Waals surface area contributed by atoms with Crippen LogP contribution in [0.3, 0.4) is 0 Å². The summed E-state index contributed by atoms with van der Waals surface area (Å²) in [5.74, 6) is 0.170. The molecule has 7 heteroatoms. The van der Waals surface area contributed by atoms with Crippen molar-refractivity contribution in [3.8, 4) is 0 Å². The number of anilines is 2. The average Bonchev–Trinajstić information content (AvgIpc) is 2.81. The molecule has 1 aliphatic carbocycles. The maximum Gasteiger partial charge on any atom is 0.263 e. The monoisotopic (exact) mass is 438 g/mol. The topological polar surface area (TPSA) is 86.5 Å². The number of amides is 1. The van der Waals surface area contributed by atoms with Gasteiger partial charge in [0.2, 0.25) is 0 Å². The summed E-state index contributed by atoms with van der Waals surface area (Å²) >= 11 is 0. The molecule has 0 bridgehead atoms. The number of likely N-dealkylation sites (tertiary alicyclic amines) is 1. The fourth-order valence-corrected chi connectivity index (χ4v) is 4.86. The van der Waals surface area contributed by atoms with Crippen LogP contribution in [0.15, 0.2) is 41.3 Å². The minimum absolute atomic E-state index is 0.126. The third-order valence-electron chi connectivity index (χ3n) is 6.91. The van der Waals surface area contributed by atoms with Crippen LogP contribution in [0, 0.1) is 0 Å². The van der Waals surface area contributed by atoms with Gasteiger partial charge in [0.15, 0.2) is 0 Å². The Balaban J connectivity index is 1.42. The minimum Gasteiger partial charge on any atom is -0.381 e. The van der Waals surface area contributed by atoms with E-state index in [1.54, 1.807) is 19.4 Å². The highest BCUT2D eigenvalue weighted by Gasteiger charge is 2.24. The molecule has 1 saturated heterocycles. The number of H-pyrrole nitrogens is 1. The van der Waals surface area contributed by atoms with Crippen LogP contribution in [0.4, 0.5) is 11.4 Å². The summed E-state index contributed by atoms with van der Waals surface area (Å²) in [6.45, 7) is 2.23. The summed E-state index contributed by atoms with van der Waals surface area (Å²) in [5.41, 5.74) is 2.32. The number of nitrogens with zero attached hydrogens (tertiary/aromatic N) is 1. The number of methoxy groups -OCH3 is 1. The van der Waals surface area contributed by atoms with Gasteiger partial charge in [-0.1, -0.05) is 12.1 Å². The molecule has 1 aliphatic heterocycles. The van der Waals surface area contributed by atoms with Gasteiger partial charge >= 0.3 is 0 Å². The molecule has 2 aliphatic rings. The average molecular weight is 439 g/mol. The molecular formula is C25H34N4O3. The van der Waals surface area contributed by atoms with Gasteiger partial charge in [-0.2, -0.15) is 0 Å². The van der Waals surface area contributed by atoms with Crippen molar-refractivity contribution < 1.29 is 9.53 Å². The number of piperidine rings is 1. The van der Waals surface area contributed by atoms with Crippen LogP contribution in [0.2, 0.25) is 0 Å². The number of aromatic nitrogens is 1. The van der Waals surface area contributed by atoms with Crippen molar-refractivity contribution in [3.05, 3.63) is 58.0 Å². The quantitative estimate of drug-likeness (QED) is 0.639. The van der Waals surface area contributed by atoms with Gasteiger partial charge in [-0.05, 0) is 88.3 Å². The van der Waals surface area contributed by atoms with Gasteiger partial charge in [0.1, 0.15) is 5.56 Å². The molecule has 2 aromatic rings. The number of hydrogen-bond acceptors (Lipinski definition) is 5. The number of carbonyl (C=O) groups excluding carboxylic acids is 1. The first kappa shape index (κ1) is 22.6. The lowest BCUT2D eigenvalue weighted by atomic mass is 9.89. The van der Waals surface area contributed by atoms with Crippen LogP contribution in [0.25, 0.3) is 0 Å². The van der Waals surface area contributed by atoms with Crippen molar-refractivity contribution in [2.45, 2.75) is 56.6 Å². The third-order valence-corrected chi connectivity index (χ3v) is 6.91. The predicted molar refractivity (Wildman–Crippen MR) is 128 cm³/mol. The first-order valence-electron chi connectivity index (χ1n) is 11.6. The van der Waals surface area contributed by atoms with E-state index < -0.39 is 5.91 Å². The molecule has 32 heavy (non-hydrogen) atoms. The van der Waals surface area contributed by atoms with E-state index in [1.807, 2.05) is 12.1 Å². The second kappa shape index (κ2) is 10.3. The molecule has 0 radical (unpaired) electrons. The lowest BCUT2D eigenvalue weighted by Gasteiger charge is -2.29. The van der Waals surface area contributed by atoms with Crippen LogP contribution in [0.1, 0.15) is 60.4 Å². The lowest BCUT2D eigenvalue weighted by Crippen LogP contribution is -2.32. The summed E-state index contributed by atoms with van der Waals surface area (Å²) in [4.78, 5) is 30.5. The van der Waals surface area contributed by atoms with Crippen molar-refractivity contribution in [2.24, 2.45) is 0 Å². The number of aromatic amines is 1. The van der Waals surface area contributed by atoms with Gasteiger partial charge < -0.3 is 25.3 Å². The summed E-state index contributed by atoms with van der Waals surface area (Å²) in [5, 5.41) is 6.32. The molecule has 2 fully saturated rings. The van der Waals surface area contributed by atoms with E-state index in [4.69, 9.17) is 4.74 Å². The number of rotatable bonds is 6. The third kappa shape index (κ3) is 5.40. The Morgan fingerprint density at radius 2 is 1.72 bits per heavy atom. The van der Waals surface area contributed by atoms with Crippen LogP contribution < -0.4 is 16.2 Å². The zero-order valence-electron chi connectivity index (χ0n) is 19.0. The molecule has 4 rings (SSSR count). The molecule has 2 heterocycles. The van der Waals surface area contributed by atoms with Crippen LogP contribution in [0.5, 0.6) is 0 Å². The Hall–Kier alpha value is -2.64. The van der Waals surface area contributed by atoms with E-state index in [-0.39, 0.29) is 17.2 Å². The zero-order chi connectivity index (χ0) is 22.5. The number of carbonyl (C=O) groups is 1. The van der Waals surface area contributed by atoms with Gasteiger partial charge in [0.25, 0.3) is 11.5 Å².